The Hall–Kier alpha value is -2.87. The summed E-state index contributed by atoms with van der Waals surface area (Å²) in [6.07, 6.45) is 1.55. The highest BCUT2D eigenvalue weighted by Gasteiger charge is 2.20. The molecular formula is C20H24N4O3S. The van der Waals surface area contributed by atoms with Gasteiger partial charge in [0.15, 0.2) is 0 Å². The van der Waals surface area contributed by atoms with Crippen LogP contribution in [0.2, 0.25) is 0 Å². The van der Waals surface area contributed by atoms with Crippen LogP contribution in [-0.2, 0) is 14.8 Å². The van der Waals surface area contributed by atoms with Gasteiger partial charge in [-0.1, -0.05) is 24.3 Å². The summed E-state index contributed by atoms with van der Waals surface area (Å²) in [5.41, 5.74) is 1.35. The fourth-order valence-electron chi connectivity index (χ4n) is 3.03. The molecule has 0 spiro atoms. The number of rotatable bonds is 6. The number of carbonyl (C=O) groups is 1. The first kappa shape index (κ1) is 19.9. The minimum absolute atomic E-state index is 0.0644. The maximum absolute atomic E-state index is 12.6. The number of hydrogen-bond acceptors (Lipinski definition) is 4. The Balaban J connectivity index is 1.70. The summed E-state index contributed by atoms with van der Waals surface area (Å²) in [5.74, 6) is 0.335. The first-order valence-electron chi connectivity index (χ1n) is 9.06. The van der Waals surface area contributed by atoms with E-state index in [0.717, 1.165) is 18.7 Å². The van der Waals surface area contributed by atoms with Crippen LogP contribution in [0, 0.1) is 0 Å². The lowest BCUT2D eigenvalue weighted by atomic mass is 10.3. The van der Waals surface area contributed by atoms with Gasteiger partial charge in [0.05, 0.1) is 11.4 Å². The largest absolute Gasteiger partial charge is 0.365 e. The molecule has 1 amide bonds. The molecule has 0 saturated carbocycles. The molecule has 28 heavy (non-hydrogen) atoms. The number of para-hydroxylation sites is 1. The number of carbonyl (C=O) groups excluding carboxylic acids is 1. The monoisotopic (exact) mass is 400 g/mol. The number of likely N-dealkylation sites (N-methyl/N-ethyl adjacent to an activating group) is 1. The Bertz CT molecular complexity index is 974. The Morgan fingerprint density at radius 1 is 1.18 bits per heavy atom. The van der Waals surface area contributed by atoms with Gasteiger partial charge in [-0.3, -0.25) is 4.79 Å². The first-order valence-corrected chi connectivity index (χ1v) is 10.5. The van der Waals surface area contributed by atoms with E-state index in [-0.39, 0.29) is 17.3 Å². The van der Waals surface area contributed by atoms with Gasteiger partial charge < -0.3 is 15.1 Å². The molecule has 2 aromatic carbocycles. The number of nitrogens with one attached hydrogen (secondary N) is 1. The van der Waals surface area contributed by atoms with Crippen LogP contribution in [0.15, 0.2) is 63.9 Å². The Kier molecular flexibility index (Phi) is 5.99. The van der Waals surface area contributed by atoms with Gasteiger partial charge >= 0.3 is 0 Å². The van der Waals surface area contributed by atoms with E-state index in [2.05, 4.69) is 9.71 Å². The molecule has 7 nitrogen and oxygen atoms in total. The van der Waals surface area contributed by atoms with Crippen LogP contribution in [0.4, 0.5) is 11.4 Å². The van der Waals surface area contributed by atoms with Crippen LogP contribution in [0.1, 0.15) is 12.8 Å². The number of amides is 1. The second kappa shape index (κ2) is 8.43. The summed E-state index contributed by atoms with van der Waals surface area (Å²) >= 11 is 0. The maximum Gasteiger partial charge on any atom is 0.284 e. The number of likely N-dealkylation sites (tertiary alicyclic amines) is 1. The number of anilines is 2. The highest BCUT2D eigenvalue weighted by molar-refractivity contribution is 7.90. The van der Waals surface area contributed by atoms with E-state index in [1.165, 1.54) is 12.1 Å². The first-order chi connectivity index (χ1) is 13.3. The highest BCUT2D eigenvalue weighted by Crippen LogP contribution is 2.20. The summed E-state index contributed by atoms with van der Waals surface area (Å²) in [7, 11) is -0.158. The molecule has 0 aliphatic carbocycles. The summed E-state index contributed by atoms with van der Waals surface area (Å²) < 4.78 is 29.2. The van der Waals surface area contributed by atoms with E-state index in [1.807, 2.05) is 54.2 Å². The second-order valence-corrected chi connectivity index (χ2v) is 8.38. The third-order valence-corrected chi connectivity index (χ3v) is 5.85. The van der Waals surface area contributed by atoms with Crippen LogP contribution in [-0.4, -0.2) is 52.2 Å². The maximum atomic E-state index is 12.6. The molecule has 0 aromatic heterocycles. The lowest BCUT2D eigenvalue weighted by Gasteiger charge is -2.18. The summed E-state index contributed by atoms with van der Waals surface area (Å²) in [5, 5.41) is 2.75. The van der Waals surface area contributed by atoms with Gasteiger partial charge in [0.2, 0.25) is 5.91 Å². The van der Waals surface area contributed by atoms with E-state index in [4.69, 9.17) is 0 Å². The zero-order chi connectivity index (χ0) is 20.1. The smallest absolute Gasteiger partial charge is 0.284 e. The predicted octanol–water partition coefficient (Wildman–Crippen LogP) is 2.57. The van der Waals surface area contributed by atoms with Crippen molar-refractivity contribution in [1.82, 2.24) is 4.90 Å². The Morgan fingerprint density at radius 3 is 2.61 bits per heavy atom. The van der Waals surface area contributed by atoms with E-state index >= 15 is 0 Å². The lowest BCUT2D eigenvalue weighted by molar-refractivity contribution is -0.114. The number of sulfonamides is 1. The minimum Gasteiger partial charge on any atom is -0.365 e. The minimum atomic E-state index is -3.82. The topological polar surface area (TPSA) is 82.1 Å². The number of nitrogens with zero attached hydrogens (tertiary/aromatic N) is 3. The number of benzene rings is 2. The van der Waals surface area contributed by atoms with Crippen LogP contribution < -0.4 is 10.2 Å². The van der Waals surface area contributed by atoms with E-state index in [1.54, 1.807) is 12.1 Å². The fraction of sp³-hybridized carbons (Fsp3) is 0.300. The Labute approximate surface area is 165 Å². The zero-order valence-electron chi connectivity index (χ0n) is 16.0. The van der Waals surface area contributed by atoms with Crippen LogP contribution in [0.25, 0.3) is 0 Å². The standard InChI is InChI=1S/C20H24N4O3S/c1-23-13-7-12-19(23)22-28(26,27)18-11-6-8-16(14-18)21-20(25)15-24(2)17-9-4-3-5-10-17/h3-6,8-11,14H,7,12-13,15H2,1-2H3,(H,21,25)/b22-19+. The van der Waals surface area contributed by atoms with Gasteiger partial charge in [-0.15, -0.1) is 4.40 Å². The van der Waals surface area contributed by atoms with E-state index in [9.17, 15) is 13.2 Å². The summed E-state index contributed by atoms with van der Waals surface area (Å²) in [4.78, 5) is 16.1. The van der Waals surface area contributed by atoms with Crippen LogP contribution >= 0.6 is 0 Å². The van der Waals surface area contributed by atoms with Gasteiger partial charge in [-0.2, -0.15) is 8.42 Å². The summed E-state index contributed by atoms with van der Waals surface area (Å²) in [6.45, 7) is 0.952. The lowest BCUT2D eigenvalue weighted by Crippen LogP contribution is -2.30. The molecule has 0 radical (unpaired) electrons. The SMILES string of the molecule is CN1CCC/C1=N\S(=O)(=O)c1cccc(NC(=O)CN(C)c2ccccc2)c1. The average Bonchev–Trinajstić information content (AvgIpc) is 3.06. The normalized spacial score (nSPS) is 15.6. The second-order valence-electron chi connectivity index (χ2n) is 6.78. The van der Waals surface area contributed by atoms with E-state index in [0.29, 0.717) is 17.9 Å². The van der Waals surface area contributed by atoms with Gasteiger partial charge in [0, 0.05) is 38.4 Å². The highest BCUT2D eigenvalue weighted by atomic mass is 32.2. The van der Waals surface area contributed by atoms with Gasteiger partial charge in [0.1, 0.15) is 5.84 Å². The molecule has 1 N–H and O–H groups in total. The molecule has 0 atom stereocenters. The van der Waals surface area contributed by atoms with Crippen LogP contribution in [0.3, 0.4) is 0 Å². The molecule has 1 aliphatic heterocycles. The molecular weight excluding hydrogens is 376 g/mol. The van der Waals surface area contributed by atoms with Crippen molar-refractivity contribution in [2.75, 3.05) is 37.4 Å². The molecule has 8 heteroatoms. The van der Waals surface area contributed by atoms with Crippen molar-refractivity contribution in [3.63, 3.8) is 0 Å². The van der Waals surface area contributed by atoms with Gasteiger partial charge in [-0.05, 0) is 36.8 Å². The third-order valence-electron chi connectivity index (χ3n) is 4.55. The average molecular weight is 401 g/mol. The molecule has 148 valence electrons. The van der Waals surface area contributed by atoms with Crippen molar-refractivity contribution in [2.24, 2.45) is 4.40 Å². The number of hydrogen-bond donors (Lipinski definition) is 1. The fourth-order valence-corrected chi connectivity index (χ4v) is 4.16. The van der Waals surface area contributed by atoms with Crippen molar-refractivity contribution in [3.8, 4) is 0 Å². The van der Waals surface area contributed by atoms with Gasteiger partial charge in [0.25, 0.3) is 10.0 Å². The molecule has 1 saturated heterocycles. The zero-order valence-corrected chi connectivity index (χ0v) is 16.8. The van der Waals surface area contributed by atoms with Crippen molar-refractivity contribution in [2.45, 2.75) is 17.7 Å². The third kappa shape index (κ3) is 4.89. The molecule has 2 aromatic rings. The molecule has 0 bridgehead atoms. The van der Waals surface area contributed by atoms with Gasteiger partial charge in [-0.25, -0.2) is 0 Å². The van der Waals surface area contributed by atoms with E-state index < -0.39 is 10.0 Å². The Morgan fingerprint density at radius 2 is 1.93 bits per heavy atom. The molecule has 3 rings (SSSR count). The molecule has 1 heterocycles. The predicted molar refractivity (Wildman–Crippen MR) is 111 cm³/mol. The van der Waals surface area contributed by atoms with Crippen LogP contribution in [0.5, 0.6) is 0 Å². The molecule has 1 aliphatic rings. The quantitative estimate of drug-likeness (QED) is 0.806. The van der Waals surface area contributed by atoms with Crippen molar-refractivity contribution < 1.29 is 13.2 Å². The molecule has 0 unspecified atom stereocenters. The number of amidine groups is 1. The van der Waals surface area contributed by atoms with Crippen molar-refractivity contribution >= 4 is 33.1 Å². The van der Waals surface area contributed by atoms with Crippen molar-refractivity contribution in [1.29, 1.82) is 0 Å². The molecule has 1 fully saturated rings. The summed E-state index contributed by atoms with van der Waals surface area (Å²) in [6, 6.07) is 15.7. The van der Waals surface area contributed by atoms with Crippen molar-refractivity contribution in [3.05, 3.63) is 54.6 Å².